The van der Waals surface area contributed by atoms with Gasteiger partial charge in [0.15, 0.2) is 17.5 Å². The third-order valence-corrected chi connectivity index (χ3v) is 4.32. The number of alkyl halides is 2. The van der Waals surface area contributed by atoms with E-state index in [1.54, 1.807) is 0 Å². The van der Waals surface area contributed by atoms with E-state index in [1.807, 2.05) is 0 Å². The van der Waals surface area contributed by atoms with Gasteiger partial charge in [0.1, 0.15) is 31.0 Å². The first-order valence-corrected chi connectivity index (χ1v) is 7.57. The first-order valence-electron chi connectivity index (χ1n) is 7.57. The van der Waals surface area contributed by atoms with E-state index in [1.165, 1.54) is 12.1 Å². The highest BCUT2D eigenvalue weighted by Gasteiger charge is 2.52. The van der Waals surface area contributed by atoms with Crippen LogP contribution in [0.2, 0.25) is 0 Å². The van der Waals surface area contributed by atoms with E-state index in [4.69, 9.17) is 9.47 Å². The predicted molar refractivity (Wildman–Crippen MR) is 80.6 cm³/mol. The van der Waals surface area contributed by atoms with Gasteiger partial charge in [0.2, 0.25) is 0 Å². The van der Waals surface area contributed by atoms with Crippen molar-refractivity contribution in [3.63, 3.8) is 0 Å². The summed E-state index contributed by atoms with van der Waals surface area (Å²) in [7, 11) is 0. The lowest BCUT2D eigenvalue weighted by Gasteiger charge is -2.42. The number of hydrogen-bond donors (Lipinski definition) is 1. The Labute approximate surface area is 141 Å². The predicted octanol–water partition coefficient (Wildman–Crippen LogP) is 2.33. The van der Waals surface area contributed by atoms with Crippen LogP contribution in [-0.4, -0.2) is 40.9 Å². The SMILES string of the molecule is O=C1C=C(O[C@@H]2c3cc([N+](=O)[O-])ccc3OC(CF)(CF)[C@H]2O)CC1. The van der Waals surface area contributed by atoms with Crippen LogP contribution in [0.4, 0.5) is 14.5 Å². The Hall–Kier alpha value is -2.55. The number of non-ortho nitro benzene ring substituents is 1. The minimum absolute atomic E-state index is 0.0128. The first-order chi connectivity index (χ1) is 11.9. The van der Waals surface area contributed by atoms with Gasteiger partial charge in [0.05, 0.1) is 4.92 Å². The summed E-state index contributed by atoms with van der Waals surface area (Å²) in [5, 5.41) is 21.5. The lowest BCUT2D eigenvalue weighted by molar-refractivity contribution is -0.385. The molecular weight excluding hydrogens is 340 g/mol. The molecule has 1 heterocycles. The molecule has 1 aromatic carbocycles. The molecule has 0 saturated carbocycles. The molecule has 1 N–H and O–H groups in total. The van der Waals surface area contributed by atoms with E-state index in [-0.39, 0.29) is 41.4 Å². The molecule has 0 fully saturated rings. The van der Waals surface area contributed by atoms with Crippen LogP contribution in [0.1, 0.15) is 24.5 Å². The fourth-order valence-electron chi connectivity index (χ4n) is 2.89. The van der Waals surface area contributed by atoms with Gasteiger partial charge >= 0.3 is 0 Å². The Bertz CT molecular complexity index is 746. The lowest BCUT2D eigenvalue weighted by Crippen LogP contribution is -2.57. The zero-order valence-electron chi connectivity index (χ0n) is 13.0. The Morgan fingerprint density at radius 1 is 1.36 bits per heavy atom. The molecule has 0 spiro atoms. The molecule has 1 aliphatic heterocycles. The fraction of sp³-hybridized carbons (Fsp3) is 0.438. The number of nitro benzene ring substituents is 1. The number of fused-ring (bicyclic) bond motifs is 1. The summed E-state index contributed by atoms with van der Waals surface area (Å²) >= 11 is 0. The van der Waals surface area contributed by atoms with Crippen molar-refractivity contribution in [3.8, 4) is 5.75 Å². The molecular formula is C16H15F2NO6. The van der Waals surface area contributed by atoms with Crippen molar-refractivity contribution in [1.82, 2.24) is 0 Å². The van der Waals surface area contributed by atoms with Crippen LogP contribution in [0.25, 0.3) is 0 Å². The molecule has 0 bridgehead atoms. The van der Waals surface area contributed by atoms with Crippen LogP contribution in [0, 0.1) is 10.1 Å². The van der Waals surface area contributed by atoms with Gasteiger partial charge in [-0.15, -0.1) is 0 Å². The number of aliphatic hydroxyl groups excluding tert-OH is 1. The van der Waals surface area contributed by atoms with E-state index in [2.05, 4.69) is 0 Å². The number of carbonyl (C=O) groups is 1. The number of allylic oxidation sites excluding steroid dienone is 2. The van der Waals surface area contributed by atoms with Crippen molar-refractivity contribution in [1.29, 1.82) is 0 Å². The van der Waals surface area contributed by atoms with Crippen molar-refractivity contribution in [2.75, 3.05) is 13.3 Å². The quantitative estimate of drug-likeness (QED) is 0.643. The standard InChI is InChI=1S/C16H15F2NO6/c17-7-16(8-18)15(21)14(24-11-3-2-10(20)6-11)12-5-9(19(22)23)1-4-13(12)25-16/h1,4-6,14-15,21H,2-3,7-8H2/t14-,15+/m1/s1. The number of ether oxygens (including phenoxy) is 2. The highest BCUT2D eigenvalue weighted by atomic mass is 19.1. The number of rotatable bonds is 5. The van der Waals surface area contributed by atoms with E-state index in [0.717, 1.165) is 12.1 Å². The number of halogens is 2. The molecule has 1 aliphatic carbocycles. The van der Waals surface area contributed by atoms with Crippen molar-refractivity contribution >= 4 is 11.5 Å². The maximum absolute atomic E-state index is 13.5. The van der Waals surface area contributed by atoms with Crippen LogP contribution in [0.3, 0.4) is 0 Å². The van der Waals surface area contributed by atoms with Crippen LogP contribution in [0.15, 0.2) is 30.0 Å². The van der Waals surface area contributed by atoms with E-state index < -0.39 is 36.1 Å². The topological polar surface area (TPSA) is 98.9 Å². The molecule has 9 heteroatoms. The monoisotopic (exact) mass is 355 g/mol. The summed E-state index contributed by atoms with van der Waals surface area (Å²) < 4.78 is 37.9. The molecule has 25 heavy (non-hydrogen) atoms. The summed E-state index contributed by atoms with van der Waals surface area (Å²) in [6.07, 6.45) is -1.30. The van der Waals surface area contributed by atoms with Crippen LogP contribution in [-0.2, 0) is 9.53 Å². The summed E-state index contributed by atoms with van der Waals surface area (Å²) in [6, 6.07) is 3.47. The number of aliphatic hydroxyl groups is 1. The molecule has 2 aliphatic rings. The largest absolute Gasteiger partial charge is 0.487 e. The molecule has 0 aromatic heterocycles. The Morgan fingerprint density at radius 2 is 2.08 bits per heavy atom. The van der Waals surface area contributed by atoms with Gasteiger partial charge in [-0.05, 0) is 6.07 Å². The Morgan fingerprint density at radius 3 is 2.64 bits per heavy atom. The zero-order valence-corrected chi connectivity index (χ0v) is 13.0. The number of carbonyl (C=O) groups excluding carboxylic acids is 1. The molecule has 3 rings (SSSR count). The second-order valence-corrected chi connectivity index (χ2v) is 5.97. The first kappa shape index (κ1) is 17.3. The number of nitro groups is 1. The van der Waals surface area contributed by atoms with Crippen molar-refractivity contribution in [3.05, 3.63) is 45.7 Å². The number of benzene rings is 1. The fourth-order valence-corrected chi connectivity index (χ4v) is 2.89. The molecule has 2 atom stereocenters. The lowest BCUT2D eigenvalue weighted by atomic mass is 9.87. The van der Waals surface area contributed by atoms with Gasteiger partial charge in [-0.2, -0.15) is 0 Å². The van der Waals surface area contributed by atoms with Gasteiger partial charge in [0.25, 0.3) is 5.69 Å². The second kappa shape index (κ2) is 6.40. The minimum atomic E-state index is -2.17. The third kappa shape index (κ3) is 2.95. The van der Waals surface area contributed by atoms with Gasteiger partial charge in [-0.3, -0.25) is 14.9 Å². The maximum Gasteiger partial charge on any atom is 0.270 e. The van der Waals surface area contributed by atoms with Crippen molar-refractivity contribution in [2.45, 2.75) is 30.7 Å². The van der Waals surface area contributed by atoms with Gasteiger partial charge in [-0.25, -0.2) is 8.78 Å². The molecule has 134 valence electrons. The summed E-state index contributed by atoms with van der Waals surface area (Å²) in [5.41, 5.74) is -2.36. The van der Waals surface area contributed by atoms with Crippen molar-refractivity contribution < 1.29 is 33.1 Å². The summed E-state index contributed by atoms with van der Waals surface area (Å²) in [6.45, 7) is -2.64. The number of nitrogens with zero attached hydrogens (tertiary/aromatic N) is 1. The second-order valence-electron chi connectivity index (χ2n) is 5.97. The molecule has 0 amide bonds. The van der Waals surface area contributed by atoms with E-state index >= 15 is 0 Å². The van der Waals surface area contributed by atoms with E-state index in [9.17, 15) is 28.8 Å². The molecule has 1 aromatic rings. The smallest absolute Gasteiger partial charge is 0.270 e. The maximum atomic E-state index is 13.5. The van der Waals surface area contributed by atoms with Gasteiger partial charge in [-0.1, -0.05) is 0 Å². The van der Waals surface area contributed by atoms with Gasteiger partial charge in [0, 0.05) is 36.6 Å². The number of hydrogen-bond acceptors (Lipinski definition) is 6. The number of ketones is 1. The highest BCUT2D eigenvalue weighted by Crippen LogP contribution is 2.45. The zero-order chi connectivity index (χ0) is 18.2. The van der Waals surface area contributed by atoms with Gasteiger partial charge < -0.3 is 14.6 Å². The average Bonchev–Trinajstić information content (AvgIpc) is 3.01. The average molecular weight is 355 g/mol. The molecule has 0 radical (unpaired) electrons. The molecule has 0 saturated heterocycles. The normalized spacial score (nSPS) is 24.3. The summed E-state index contributed by atoms with van der Waals surface area (Å²) in [5.74, 6) is 0.0687. The Kier molecular flexibility index (Phi) is 4.42. The molecule has 0 unspecified atom stereocenters. The summed E-state index contributed by atoms with van der Waals surface area (Å²) in [4.78, 5) is 21.7. The minimum Gasteiger partial charge on any atom is -0.487 e. The van der Waals surface area contributed by atoms with Crippen LogP contribution >= 0.6 is 0 Å². The highest BCUT2D eigenvalue weighted by molar-refractivity contribution is 5.92. The van der Waals surface area contributed by atoms with Crippen LogP contribution in [0.5, 0.6) is 5.75 Å². The van der Waals surface area contributed by atoms with Crippen molar-refractivity contribution in [2.24, 2.45) is 0 Å². The third-order valence-electron chi connectivity index (χ3n) is 4.32. The molecule has 7 nitrogen and oxygen atoms in total. The Balaban J connectivity index is 2.06. The van der Waals surface area contributed by atoms with Crippen LogP contribution < -0.4 is 4.74 Å². The van der Waals surface area contributed by atoms with E-state index in [0.29, 0.717) is 0 Å².